The fourth-order valence-corrected chi connectivity index (χ4v) is 9.55. The van der Waals surface area contributed by atoms with Crippen molar-refractivity contribution in [2.75, 3.05) is 0 Å². The molecule has 4 heterocycles. The van der Waals surface area contributed by atoms with Crippen LogP contribution in [0.2, 0.25) is 0 Å². The lowest BCUT2D eigenvalue weighted by Crippen LogP contribution is -2.07. The Kier molecular flexibility index (Phi) is 7.80. The minimum Gasteiger partial charge on any atom is -0.455 e. The van der Waals surface area contributed by atoms with Crippen LogP contribution in [0.15, 0.2) is 217 Å². The highest BCUT2D eigenvalue weighted by atomic mass is 16.3. The lowest BCUT2D eigenvalue weighted by molar-refractivity contribution is 0.670. The van der Waals surface area contributed by atoms with Crippen molar-refractivity contribution in [2.45, 2.75) is 0 Å². The Bertz CT molecular complexity index is 3890. The molecule has 0 bridgehead atoms. The molecule has 0 amide bonds. The maximum Gasteiger partial charge on any atom is 0.238 e. The van der Waals surface area contributed by atoms with Crippen LogP contribution in [0.25, 0.3) is 122 Å². The highest BCUT2D eigenvalue weighted by Gasteiger charge is 2.25. The van der Waals surface area contributed by atoms with Gasteiger partial charge in [-0.05, 0) is 47.0 Å². The van der Waals surface area contributed by atoms with Crippen LogP contribution in [-0.4, -0.2) is 24.1 Å². The summed E-state index contributed by atoms with van der Waals surface area (Å²) < 4.78 is 11.6. The summed E-state index contributed by atoms with van der Waals surface area (Å²) in [4.78, 5) is 16.0. The summed E-state index contributed by atoms with van der Waals surface area (Å²) in [5.74, 6) is 1.62. The van der Waals surface area contributed by atoms with E-state index in [1.807, 2.05) is 24.3 Å². The van der Waals surface area contributed by atoms with E-state index in [1.54, 1.807) is 0 Å². The maximum atomic E-state index is 6.92. The van der Waals surface area contributed by atoms with E-state index in [0.29, 0.717) is 17.6 Å². The Morgan fingerprint density at radius 1 is 0.302 bits per heavy atom. The summed E-state index contributed by atoms with van der Waals surface area (Å²) >= 11 is 0. The second-order valence-electron chi connectivity index (χ2n) is 16.0. The van der Waals surface area contributed by atoms with Gasteiger partial charge >= 0.3 is 0 Å². The average molecular weight is 806 g/mol. The molecular formula is C57H35N5O. The number of aromatic nitrogens is 5. The summed E-state index contributed by atoms with van der Waals surface area (Å²) in [7, 11) is 0. The van der Waals surface area contributed by atoms with E-state index in [2.05, 4.69) is 197 Å². The van der Waals surface area contributed by atoms with Crippen LogP contribution < -0.4 is 0 Å². The van der Waals surface area contributed by atoms with Gasteiger partial charge < -0.3 is 8.98 Å². The number of nitrogens with zero attached hydrogens (tertiary/aromatic N) is 5. The van der Waals surface area contributed by atoms with E-state index in [4.69, 9.17) is 19.4 Å². The van der Waals surface area contributed by atoms with Gasteiger partial charge in [-0.15, -0.1) is 0 Å². The Hall–Kier alpha value is -8.61. The van der Waals surface area contributed by atoms with E-state index < -0.39 is 0 Å². The van der Waals surface area contributed by atoms with Gasteiger partial charge in [0.15, 0.2) is 11.6 Å². The van der Waals surface area contributed by atoms with Crippen LogP contribution in [0.3, 0.4) is 0 Å². The van der Waals surface area contributed by atoms with Crippen molar-refractivity contribution in [2.24, 2.45) is 0 Å². The third-order valence-corrected chi connectivity index (χ3v) is 12.4. The van der Waals surface area contributed by atoms with Crippen LogP contribution in [0.1, 0.15) is 0 Å². The summed E-state index contributed by atoms with van der Waals surface area (Å²) in [6.45, 7) is 0. The van der Waals surface area contributed by atoms with Gasteiger partial charge in [-0.25, -0.2) is 4.98 Å². The summed E-state index contributed by atoms with van der Waals surface area (Å²) in [6, 6.07) is 74.3. The first-order valence-electron chi connectivity index (χ1n) is 21.2. The Balaban J connectivity index is 1.11. The highest BCUT2D eigenvalue weighted by Crippen LogP contribution is 2.43. The number of hydrogen-bond donors (Lipinski definition) is 0. The van der Waals surface area contributed by atoms with Gasteiger partial charge in [0.2, 0.25) is 5.95 Å². The van der Waals surface area contributed by atoms with Gasteiger partial charge in [0.1, 0.15) is 11.2 Å². The predicted octanol–water partition coefficient (Wildman–Crippen LogP) is 14.6. The molecule has 0 aliphatic rings. The van der Waals surface area contributed by atoms with Crippen molar-refractivity contribution in [1.82, 2.24) is 24.1 Å². The minimum atomic E-state index is 0.520. The molecule has 6 nitrogen and oxygen atoms in total. The van der Waals surface area contributed by atoms with E-state index in [-0.39, 0.29) is 0 Å². The summed E-state index contributed by atoms with van der Waals surface area (Å²) in [5, 5.41) is 6.59. The molecule has 0 aliphatic carbocycles. The zero-order valence-corrected chi connectivity index (χ0v) is 33.9. The number of benzene rings is 9. The van der Waals surface area contributed by atoms with Crippen LogP contribution >= 0.6 is 0 Å². The van der Waals surface area contributed by atoms with Gasteiger partial charge in [-0.2, -0.15) is 9.97 Å². The lowest BCUT2D eigenvalue weighted by atomic mass is 10.0. The molecule has 0 aliphatic heterocycles. The standard InChI is InChI=1S/C57H35N5O/c1-4-16-36(17-5-1)37-30-32-40(33-31-37)61-49-28-12-10-22-42(49)44-34-35-45-43-23-11-13-29-50(43)62(52(45)51(44)61)57-59-55(39-20-8-3-9-21-39)58-56(60-57)48-27-15-26-47-46-25-14-24-41(53(46)63-54(47)48)38-18-6-2-7-19-38/h1-35H. The molecule has 0 spiro atoms. The number of para-hydroxylation sites is 4. The van der Waals surface area contributed by atoms with E-state index in [0.717, 1.165) is 88.1 Å². The zero-order chi connectivity index (χ0) is 41.4. The summed E-state index contributed by atoms with van der Waals surface area (Å²) in [6.07, 6.45) is 0. The molecule has 13 aromatic rings. The highest BCUT2D eigenvalue weighted by molar-refractivity contribution is 6.23. The first-order chi connectivity index (χ1) is 31.3. The van der Waals surface area contributed by atoms with Crippen LogP contribution in [0.4, 0.5) is 0 Å². The summed E-state index contributed by atoms with van der Waals surface area (Å²) in [5.41, 5.74) is 13.0. The minimum absolute atomic E-state index is 0.520. The molecule has 0 radical (unpaired) electrons. The molecule has 0 N–H and O–H groups in total. The number of hydrogen-bond acceptors (Lipinski definition) is 4. The molecule has 4 aromatic heterocycles. The van der Waals surface area contributed by atoms with Crippen molar-refractivity contribution < 1.29 is 4.42 Å². The molecule has 0 atom stereocenters. The molecule has 0 fully saturated rings. The molecule has 0 saturated heterocycles. The fraction of sp³-hybridized carbons (Fsp3) is 0. The Morgan fingerprint density at radius 3 is 1.43 bits per heavy atom. The molecule has 6 heteroatoms. The Labute approximate surface area is 361 Å². The van der Waals surface area contributed by atoms with Crippen molar-refractivity contribution >= 4 is 65.6 Å². The molecular weight excluding hydrogens is 771 g/mol. The smallest absolute Gasteiger partial charge is 0.238 e. The topological polar surface area (TPSA) is 61.7 Å². The van der Waals surface area contributed by atoms with Gasteiger partial charge in [0, 0.05) is 49.1 Å². The van der Waals surface area contributed by atoms with Crippen molar-refractivity contribution in [1.29, 1.82) is 0 Å². The molecule has 294 valence electrons. The third-order valence-electron chi connectivity index (χ3n) is 12.4. The van der Waals surface area contributed by atoms with Gasteiger partial charge in [0.25, 0.3) is 0 Å². The number of fused-ring (bicyclic) bond motifs is 10. The normalized spacial score (nSPS) is 11.8. The SMILES string of the molecule is c1ccc(-c2ccc(-n3c4ccccc4c4ccc5c6ccccc6n(-c6nc(-c7ccccc7)nc(-c7cccc8c7oc7c(-c9ccccc9)cccc78)n6)c5c43)cc2)cc1. The predicted molar refractivity (Wildman–Crippen MR) is 258 cm³/mol. The molecule has 0 saturated carbocycles. The van der Waals surface area contributed by atoms with Crippen molar-refractivity contribution in [3.8, 4) is 56.7 Å². The monoisotopic (exact) mass is 805 g/mol. The maximum absolute atomic E-state index is 6.92. The second-order valence-corrected chi connectivity index (χ2v) is 16.0. The van der Waals surface area contributed by atoms with Crippen LogP contribution in [0.5, 0.6) is 0 Å². The van der Waals surface area contributed by atoms with E-state index in [1.165, 1.54) is 16.5 Å². The zero-order valence-electron chi connectivity index (χ0n) is 33.9. The average Bonchev–Trinajstić information content (AvgIpc) is 4.03. The quantitative estimate of drug-likeness (QED) is 0.168. The van der Waals surface area contributed by atoms with Crippen LogP contribution in [0, 0.1) is 0 Å². The van der Waals surface area contributed by atoms with Crippen molar-refractivity contribution in [3.05, 3.63) is 212 Å². The van der Waals surface area contributed by atoms with E-state index >= 15 is 0 Å². The largest absolute Gasteiger partial charge is 0.455 e. The number of rotatable bonds is 6. The van der Waals surface area contributed by atoms with Crippen LogP contribution in [-0.2, 0) is 0 Å². The fourth-order valence-electron chi connectivity index (χ4n) is 9.55. The number of furan rings is 1. The van der Waals surface area contributed by atoms with E-state index in [9.17, 15) is 0 Å². The molecule has 0 unspecified atom stereocenters. The molecule has 13 rings (SSSR count). The van der Waals surface area contributed by atoms with Gasteiger partial charge in [-0.3, -0.25) is 4.57 Å². The van der Waals surface area contributed by atoms with Gasteiger partial charge in [0.05, 0.1) is 27.6 Å². The first kappa shape index (κ1) is 35.2. The first-order valence-corrected chi connectivity index (χ1v) is 21.2. The molecule has 9 aromatic carbocycles. The Morgan fingerprint density at radius 2 is 0.778 bits per heavy atom. The lowest BCUT2D eigenvalue weighted by Gasteiger charge is -2.14. The second kappa shape index (κ2) is 14.0. The van der Waals surface area contributed by atoms with Crippen molar-refractivity contribution in [3.63, 3.8) is 0 Å². The molecule has 63 heavy (non-hydrogen) atoms. The van der Waals surface area contributed by atoms with Gasteiger partial charge in [-0.1, -0.05) is 182 Å². The third kappa shape index (κ3) is 5.48.